The minimum absolute atomic E-state index is 0.0452. The van der Waals surface area contributed by atoms with Crippen LogP contribution >= 0.6 is 0 Å². The lowest BCUT2D eigenvalue weighted by atomic mass is 10.2. The number of rotatable bonds is 6. The van der Waals surface area contributed by atoms with Crippen LogP contribution in [0.3, 0.4) is 0 Å². The van der Waals surface area contributed by atoms with Gasteiger partial charge < -0.3 is 4.74 Å². The van der Waals surface area contributed by atoms with Gasteiger partial charge in [0.05, 0.1) is 23.7 Å². The second-order valence-electron chi connectivity index (χ2n) is 5.34. The van der Waals surface area contributed by atoms with E-state index in [1.807, 2.05) is 20.8 Å². The molecule has 1 rings (SSSR count). The molecule has 0 aliphatic heterocycles. The van der Waals surface area contributed by atoms with Gasteiger partial charge in [0, 0.05) is 22.7 Å². The van der Waals surface area contributed by atoms with Gasteiger partial charge in [0.1, 0.15) is 6.54 Å². The molecule has 0 saturated carbocycles. The van der Waals surface area contributed by atoms with Crippen LogP contribution in [-0.2, 0) is 27.8 Å². The van der Waals surface area contributed by atoms with E-state index in [-0.39, 0.29) is 17.1 Å². The van der Waals surface area contributed by atoms with E-state index in [0.29, 0.717) is 12.3 Å². The largest absolute Gasteiger partial charge is 0.408 e. The first-order chi connectivity index (χ1) is 9.07. The maximum absolute atomic E-state index is 12.3. The molecule has 0 spiro atoms. The monoisotopic (exact) mass is 312 g/mol. The van der Waals surface area contributed by atoms with Crippen LogP contribution in [0.15, 0.2) is 12.3 Å². The zero-order valence-electron chi connectivity index (χ0n) is 11.7. The van der Waals surface area contributed by atoms with E-state index >= 15 is 0 Å². The van der Waals surface area contributed by atoms with E-state index in [1.54, 1.807) is 0 Å². The third-order valence-electron chi connectivity index (χ3n) is 2.29. The molecule has 0 aromatic carbocycles. The highest BCUT2D eigenvalue weighted by molar-refractivity contribution is 7.84. The third kappa shape index (κ3) is 7.04. The van der Waals surface area contributed by atoms with Crippen molar-refractivity contribution in [2.45, 2.75) is 44.8 Å². The number of nitrogens with zero attached hydrogens (tertiary/aromatic N) is 2. The van der Waals surface area contributed by atoms with Gasteiger partial charge in [0.25, 0.3) is 0 Å². The van der Waals surface area contributed by atoms with Gasteiger partial charge in [0.15, 0.2) is 0 Å². The predicted molar refractivity (Wildman–Crippen MR) is 70.7 cm³/mol. The molecule has 0 radical (unpaired) electrons. The Kier molecular flexibility index (Phi) is 5.76. The van der Waals surface area contributed by atoms with E-state index in [1.165, 1.54) is 12.3 Å². The lowest BCUT2D eigenvalue weighted by Crippen LogP contribution is -2.23. The van der Waals surface area contributed by atoms with Crippen molar-refractivity contribution in [3.8, 4) is 0 Å². The van der Waals surface area contributed by atoms with E-state index in [0.717, 1.165) is 4.68 Å². The van der Waals surface area contributed by atoms with Crippen LogP contribution in [0.2, 0.25) is 0 Å². The van der Waals surface area contributed by atoms with Crippen molar-refractivity contribution in [1.82, 2.24) is 9.78 Å². The average molecular weight is 312 g/mol. The Morgan fingerprint density at radius 3 is 2.55 bits per heavy atom. The van der Waals surface area contributed by atoms with E-state index in [9.17, 15) is 17.4 Å². The highest BCUT2D eigenvalue weighted by Crippen LogP contribution is 2.18. The Morgan fingerprint density at radius 2 is 2.00 bits per heavy atom. The Hall–Kier alpha value is -0.890. The highest BCUT2D eigenvalue weighted by atomic mass is 32.2. The van der Waals surface area contributed by atoms with Crippen molar-refractivity contribution in [2.75, 3.05) is 12.4 Å². The third-order valence-corrected chi connectivity index (χ3v) is 3.53. The first-order valence-corrected chi connectivity index (χ1v) is 7.62. The van der Waals surface area contributed by atoms with Gasteiger partial charge in [0.2, 0.25) is 0 Å². The fourth-order valence-electron chi connectivity index (χ4n) is 1.47. The number of ether oxygens (including phenoxy) is 1. The minimum atomic E-state index is -4.34. The van der Waals surface area contributed by atoms with Crippen molar-refractivity contribution < 1.29 is 22.1 Å². The molecule has 0 fully saturated rings. The van der Waals surface area contributed by atoms with Gasteiger partial charge in [-0.05, 0) is 26.8 Å². The van der Waals surface area contributed by atoms with Gasteiger partial charge >= 0.3 is 6.18 Å². The molecule has 0 bridgehead atoms. The number of aromatic nitrogens is 2. The number of alkyl halides is 3. The summed E-state index contributed by atoms with van der Waals surface area (Å²) < 4.78 is 55.0. The minimum Gasteiger partial charge on any atom is -0.375 e. The molecule has 1 heterocycles. The molecule has 1 unspecified atom stereocenters. The lowest BCUT2D eigenvalue weighted by molar-refractivity contribution is -0.142. The smallest absolute Gasteiger partial charge is 0.375 e. The quantitative estimate of drug-likeness (QED) is 0.811. The lowest BCUT2D eigenvalue weighted by Gasteiger charge is -2.19. The van der Waals surface area contributed by atoms with Crippen molar-refractivity contribution >= 4 is 10.8 Å². The summed E-state index contributed by atoms with van der Waals surface area (Å²) in [5, 5.41) is 3.61. The number of hydrogen-bond acceptors (Lipinski definition) is 3. The molecule has 4 nitrogen and oxygen atoms in total. The summed E-state index contributed by atoms with van der Waals surface area (Å²) in [7, 11) is -1.28. The van der Waals surface area contributed by atoms with Crippen molar-refractivity contribution in [1.29, 1.82) is 0 Å². The summed E-state index contributed by atoms with van der Waals surface area (Å²) in [6.07, 6.45) is -3.05. The molecule has 20 heavy (non-hydrogen) atoms. The molecule has 1 aromatic heterocycles. The standard InChI is InChI=1S/C12H19F3N2O2S/c1-11(2,3)19-6-7-20(18)8-10-4-5-16-17(10)9-12(13,14)15/h4-5H,6-9H2,1-3H3. The van der Waals surface area contributed by atoms with Crippen LogP contribution in [0.25, 0.3) is 0 Å². The summed E-state index contributed by atoms with van der Waals surface area (Å²) in [5.41, 5.74) is -0.00108. The van der Waals surface area contributed by atoms with E-state index in [4.69, 9.17) is 4.74 Å². The van der Waals surface area contributed by atoms with Gasteiger partial charge in [-0.25, -0.2) is 0 Å². The van der Waals surface area contributed by atoms with E-state index in [2.05, 4.69) is 5.10 Å². The van der Waals surface area contributed by atoms with Gasteiger partial charge in [-0.1, -0.05) is 0 Å². The summed E-state index contributed by atoms with van der Waals surface area (Å²) in [4.78, 5) is 0. The first kappa shape index (κ1) is 17.2. The molecule has 1 atom stereocenters. The predicted octanol–water partition coefficient (Wildman–Crippen LogP) is 2.51. The van der Waals surface area contributed by atoms with Crippen LogP contribution < -0.4 is 0 Å². The van der Waals surface area contributed by atoms with Crippen LogP contribution in [0, 0.1) is 0 Å². The Balaban J connectivity index is 2.49. The normalized spacial score (nSPS) is 14.5. The number of hydrogen-bond donors (Lipinski definition) is 0. The van der Waals surface area contributed by atoms with Crippen LogP contribution in [0.4, 0.5) is 13.2 Å². The molecule has 0 saturated heterocycles. The molecule has 0 aliphatic rings. The molecule has 0 aliphatic carbocycles. The molecule has 1 aromatic rings. The van der Waals surface area contributed by atoms with Gasteiger partial charge in [-0.2, -0.15) is 18.3 Å². The van der Waals surface area contributed by atoms with E-state index < -0.39 is 23.5 Å². The summed E-state index contributed by atoms with van der Waals surface area (Å²) >= 11 is 0. The Morgan fingerprint density at radius 1 is 1.35 bits per heavy atom. The number of halogens is 3. The first-order valence-electron chi connectivity index (χ1n) is 6.13. The fraction of sp³-hybridized carbons (Fsp3) is 0.750. The van der Waals surface area contributed by atoms with Gasteiger partial charge in [-0.3, -0.25) is 8.89 Å². The van der Waals surface area contributed by atoms with Crippen molar-refractivity contribution in [3.63, 3.8) is 0 Å². The topological polar surface area (TPSA) is 44.1 Å². The van der Waals surface area contributed by atoms with Crippen molar-refractivity contribution in [2.24, 2.45) is 0 Å². The molecule has 8 heteroatoms. The van der Waals surface area contributed by atoms with Crippen LogP contribution in [-0.4, -0.2) is 38.1 Å². The zero-order chi connectivity index (χ0) is 15.4. The Labute approximate surface area is 118 Å². The summed E-state index contributed by atoms with van der Waals surface area (Å²) in [5.74, 6) is 0.331. The summed E-state index contributed by atoms with van der Waals surface area (Å²) in [6, 6.07) is 1.45. The molecule has 0 amide bonds. The maximum atomic E-state index is 12.3. The second-order valence-corrected chi connectivity index (χ2v) is 6.92. The SMILES string of the molecule is CC(C)(C)OCCS(=O)Cc1ccnn1CC(F)(F)F. The summed E-state index contributed by atoms with van der Waals surface area (Å²) in [6.45, 7) is 4.80. The molecular formula is C12H19F3N2O2S. The second kappa shape index (κ2) is 6.71. The van der Waals surface area contributed by atoms with Crippen LogP contribution in [0.1, 0.15) is 26.5 Å². The zero-order valence-corrected chi connectivity index (χ0v) is 12.6. The maximum Gasteiger partial charge on any atom is 0.408 e. The molecule has 116 valence electrons. The van der Waals surface area contributed by atoms with Crippen molar-refractivity contribution in [3.05, 3.63) is 18.0 Å². The van der Waals surface area contributed by atoms with Gasteiger partial charge in [-0.15, -0.1) is 0 Å². The fourth-order valence-corrected chi connectivity index (χ4v) is 2.46. The highest BCUT2D eigenvalue weighted by Gasteiger charge is 2.29. The average Bonchev–Trinajstić information content (AvgIpc) is 2.61. The molecular weight excluding hydrogens is 293 g/mol. The van der Waals surface area contributed by atoms with Crippen LogP contribution in [0.5, 0.6) is 0 Å². The molecule has 0 N–H and O–H groups in total. The Bertz CT molecular complexity index is 452.